The summed E-state index contributed by atoms with van der Waals surface area (Å²) < 4.78 is 10.1. The van der Waals surface area contributed by atoms with Crippen molar-refractivity contribution in [2.45, 2.75) is 124 Å². The maximum Gasteiger partial charge on any atom is 0.244 e. The van der Waals surface area contributed by atoms with Crippen LogP contribution in [-0.4, -0.2) is 19.8 Å². The highest BCUT2D eigenvalue weighted by atomic mass is 32.9. The first-order chi connectivity index (χ1) is 13.5. The summed E-state index contributed by atoms with van der Waals surface area (Å²) in [4.78, 5) is 0. The topological polar surface area (TPSA) is 44.5 Å². The van der Waals surface area contributed by atoms with E-state index in [9.17, 15) is 0 Å². The molecule has 0 bridgehead atoms. The van der Waals surface area contributed by atoms with Crippen LogP contribution in [-0.2, 0) is 20.9 Å². The number of rotatable bonds is 20. The van der Waals surface area contributed by atoms with Gasteiger partial charge in [0, 0.05) is 0 Å². The minimum absolute atomic E-state index is 0.570. The van der Waals surface area contributed by atoms with Gasteiger partial charge in [0.05, 0.1) is 13.2 Å². The summed E-state index contributed by atoms with van der Waals surface area (Å²) in [6.07, 6.45) is 22.9. The fraction of sp³-hybridized carbons (Fsp3) is 1.00. The molecule has 2 N–H and O–H groups in total. The molecule has 6 heteroatoms. The minimum atomic E-state index is -2.16. The van der Waals surface area contributed by atoms with Crippen LogP contribution in [0.5, 0.6) is 0 Å². The van der Waals surface area contributed by atoms with Crippen LogP contribution in [0.25, 0.3) is 0 Å². The van der Waals surface area contributed by atoms with Crippen LogP contribution in [0.1, 0.15) is 124 Å². The van der Waals surface area contributed by atoms with Gasteiger partial charge in [-0.05, 0) is 38.6 Å². The predicted octanol–water partition coefficient (Wildman–Crippen LogP) is 8.42. The van der Waals surface area contributed by atoms with Crippen molar-refractivity contribution in [3.63, 3.8) is 0 Å². The van der Waals surface area contributed by atoms with E-state index in [1.54, 1.807) is 0 Å². The molecule has 0 atom stereocenters. The summed E-state index contributed by atoms with van der Waals surface area (Å²) in [6.45, 7) is 8.05. The van der Waals surface area contributed by atoms with Crippen molar-refractivity contribution in [3.05, 3.63) is 0 Å². The van der Waals surface area contributed by atoms with Crippen LogP contribution in [0.2, 0.25) is 0 Å². The van der Waals surface area contributed by atoms with Gasteiger partial charge in [-0.15, -0.1) is 0 Å². The van der Waals surface area contributed by atoms with Crippen molar-refractivity contribution in [2.24, 2.45) is 5.73 Å². The van der Waals surface area contributed by atoms with E-state index >= 15 is 0 Å². The third kappa shape index (κ3) is 29.1. The molecule has 0 amide bonds. The molecule has 0 aromatic rings. The Morgan fingerprint density at radius 3 is 1.14 bits per heavy atom. The molecule has 0 fully saturated rings. The lowest BCUT2D eigenvalue weighted by Crippen LogP contribution is -1.97. The summed E-state index contributed by atoms with van der Waals surface area (Å²) in [5.74, 6) is 0. The normalized spacial score (nSPS) is 11.3. The van der Waals surface area contributed by atoms with Crippen LogP contribution >= 0.6 is 17.9 Å². The van der Waals surface area contributed by atoms with Crippen LogP contribution in [0, 0.1) is 0 Å². The summed E-state index contributed by atoms with van der Waals surface area (Å²) in [7, 11) is 0. The number of thiol groups is 1. The minimum Gasteiger partial charge on any atom is -0.330 e. The molecular formula is C22H50NO2PS2. The first kappa shape index (κ1) is 31.1. The molecule has 0 aliphatic carbocycles. The lowest BCUT2D eigenvalue weighted by Gasteiger charge is -2.13. The van der Waals surface area contributed by atoms with Crippen molar-refractivity contribution < 1.29 is 9.05 Å². The molecule has 0 unspecified atom stereocenters. The maximum absolute atomic E-state index is 5.48. The van der Waals surface area contributed by atoms with Crippen molar-refractivity contribution in [3.8, 4) is 0 Å². The van der Waals surface area contributed by atoms with E-state index in [0.29, 0.717) is 13.2 Å². The van der Waals surface area contributed by atoms with Gasteiger partial charge in [-0.2, -0.15) is 0 Å². The van der Waals surface area contributed by atoms with E-state index in [1.807, 2.05) is 13.8 Å². The molecule has 0 radical (unpaired) electrons. The molecule has 0 saturated heterocycles. The SMILES string of the molecule is CCCCCCCCCCCCCCCCCCN.CCOP(=S)(S)OCC. The third-order valence-corrected chi connectivity index (χ3v) is 7.14. The van der Waals surface area contributed by atoms with Gasteiger partial charge in [-0.3, -0.25) is 0 Å². The Bertz CT molecular complexity index is 308. The molecule has 28 heavy (non-hydrogen) atoms. The Balaban J connectivity index is 0. The number of hydrogen-bond acceptors (Lipinski definition) is 4. The van der Waals surface area contributed by atoms with E-state index in [2.05, 4.69) is 19.2 Å². The van der Waals surface area contributed by atoms with Crippen molar-refractivity contribution in [1.29, 1.82) is 0 Å². The zero-order valence-electron chi connectivity index (χ0n) is 19.1. The van der Waals surface area contributed by atoms with Gasteiger partial charge in [0.2, 0.25) is 5.69 Å². The van der Waals surface area contributed by atoms with Gasteiger partial charge in [-0.25, -0.2) is 0 Å². The van der Waals surface area contributed by atoms with E-state index in [0.717, 1.165) is 6.54 Å². The van der Waals surface area contributed by atoms with Gasteiger partial charge >= 0.3 is 0 Å². The lowest BCUT2D eigenvalue weighted by molar-refractivity contribution is 0.281. The number of hydrogen-bond donors (Lipinski definition) is 2. The van der Waals surface area contributed by atoms with Gasteiger partial charge < -0.3 is 14.8 Å². The Morgan fingerprint density at radius 2 is 0.893 bits per heavy atom. The summed E-state index contributed by atoms with van der Waals surface area (Å²) in [5, 5.41) is 0. The Kier molecular flexibility index (Phi) is 28.8. The molecule has 0 aliphatic rings. The van der Waals surface area contributed by atoms with Gasteiger partial charge in [0.15, 0.2) is 0 Å². The predicted molar refractivity (Wildman–Crippen MR) is 135 cm³/mol. The molecule has 0 spiro atoms. The van der Waals surface area contributed by atoms with Crippen LogP contribution in [0.4, 0.5) is 0 Å². The highest BCUT2D eigenvalue weighted by Crippen LogP contribution is 2.52. The highest BCUT2D eigenvalue weighted by molar-refractivity contribution is 8.60. The smallest absolute Gasteiger partial charge is 0.244 e. The fourth-order valence-corrected chi connectivity index (χ4v) is 5.11. The second-order valence-electron chi connectivity index (χ2n) is 7.40. The van der Waals surface area contributed by atoms with E-state index in [1.165, 1.54) is 103 Å². The average Bonchev–Trinajstić information content (AvgIpc) is 2.65. The van der Waals surface area contributed by atoms with Crippen LogP contribution in [0.15, 0.2) is 0 Å². The van der Waals surface area contributed by atoms with Crippen molar-refractivity contribution in [2.75, 3.05) is 19.8 Å². The highest BCUT2D eigenvalue weighted by Gasteiger charge is 2.08. The first-order valence-electron chi connectivity index (χ1n) is 11.9. The van der Waals surface area contributed by atoms with E-state index in [-0.39, 0.29) is 0 Å². The third-order valence-electron chi connectivity index (χ3n) is 4.64. The molecule has 3 nitrogen and oxygen atoms in total. The Morgan fingerprint density at radius 1 is 0.607 bits per heavy atom. The second kappa shape index (κ2) is 25.9. The monoisotopic (exact) mass is 455 g/mol. The van der Waals surface area contributed by atoms with Gasteiger partial charge in [0.1, 0.15) is 0 Å². The summed E-state index contributed by atoms with van der Waals surface area (Å²) in [6, 6.07) is 0. The Hall–Kier alpha value is 0.880. The lowest BCUT2D eigenvalue weighted by atomic mass is 10.0. The van der Waals surface area contributed by atoms with Crippen molar-refractivity contribution in [1.82, 2.24) is 0 Å². The molecule has 0 aromatic carbocycles. The standard InChI is InChI=1S/C18H39N.C4H11O2PS2/c1-2-3-4-5-6-7-8-9-10-11-12-13-14-15-16-17-18-19;1-3-5-7(8,9)6-4-2/h2-19H2,1H3;3-4H2,1-2H3,(H,8,9). The largest absolute Gasteiger partial charge is 0.330 e. The van der Waals surface area contributed by atoms with Crippen molar-refractivity contribution >= 4 is 29.7 Å². The number of nitrogens with two attached hydrogens (primary N) is 1. The first-order valence-corrected chi connectivity index (χ1v) is 15.6. The quantitative estimate of drug-likeness (QED) is 0.110. The molecule has 0 heterocycles. The average molecular weight is 456 g/mol. The Labute approximate surface area is 187 Å². The second-order valence-corrected chi connectivity index (χ2v) is 12.7. The zero-order valence-corrected chi connectivity index (χ0v) is 21.7. The molecule has 0 aliphatic heterocycles. The summed E-state index contributed by atoms with van der Waals surface area (Å²) >= 11 is 8.90. The molecule has 0 saturated carbocycles. The molecule has 0 aromatic heterocycles. The summed E-state index contributed by atoms with van der Waals surface area (Å²) in [5.41, 5.74) is 3.32. The van der Waals surface area contributed by atoms with E-state index in [4.69, 9.17) is 26.6 Å². The molecule has 0 rings (SSSR count). The molecule has 172 valence electrons. The maximum atomic E-state index is 5.48. The molecular weight excluding hydrogens is 405 g/mol. The van der Waals surface area contributed by atoms with Gasteiger partial charge in [-0.1, -0.05) is 115 Å². The van der Waals surface area contributed by atoms with E-state index < -0.39 is 5.69 Å². The number of unbranched alkanes of at least 4 members (excludes halogenated alkanes) is 15. The zero-order chi connectivity index (χ0) is 21.3. The van der Waals surface area contributed by atoms with Crippen LogP contribution in [0.3, 0.4) is 0 Å². The van der Waals surface area contributed by atoms with Gasteiger partial charge in [0.25, 0.3) is 0 Å². The fourth-order valence-electron chi connectivity index (χ4n) is 3.06. The van der Waals surface area contributed by atoms with Crippen LogP contribution < -0.4 is 5.73 Å².